The Balaban J connectivity index is 2.01. The maximum Gasteiger partial charge on any atom is 0.161 e. The average molecular weight is 314 g/mol. The number of ether oxygens (including phenoxy) is 2. The number of methoxy groups -OCH3 is 1. The molecule has 23 heavy (non-hydrogen) atoms. The van der Waals surface area contributed by atoms with Crippen molar-refractivity contribution in [1.82, 2.24) is 4.98 Å². The molecular formula is C19H26N2O2. The van der Waals surface area contributed by atoms with Gasteiger partial charge in [-0.25, -0.2) is 0 Å². The molecule has 0 spiro atoms. The summed E-state index contributed by atoms with van der Waals surface area (Å²) in [6, 6.07) is 11.7. The van der Waals surface area contributed by atoms with Crippen molar-refractivity contribution < 1.29 is 9.47 Å². The van der Waals surface area contributed by atoms with Gasteiger partial charge < -0.3 is 15.2 Å². The van der Waals surface area contributed by atoms with Gasteiger partial charge >= 0.3 is 0 Å². The molecule has 2 N–H and O–H groups in total. The number of nitrogens with zero attached hydrogens (tertiary/aromatic N) is 1. The molecule has 0 saturated heterocycles. The minimum atomic E-state index is 0.0419. The Hall–Kier alpha value is -2.07. The number of hydrogen-bond acceptors (Lipinski definition) is 4. The van der Waals surface area contributed by atoms with Gasteiger partial charge in [-0.3, -0.25) is 4.98 Å². The lowest BCUT2D eigenvalue weighted by atomic mass is 10.0. The maximum absolute atomic E-state index is 6.27. The van der Waals surface area contributed by atoms with Gasteiger partial charge in [0.05, 0.1) is 12.8 Å². The molecule has 0 aliphatic rings. The Bertz CT molecular complexity index is 587. The highest BCUT2D eigenvalue weighted by molar-refractivity contribution is 5.43. The number of pyridine rings is 1. The first-order valence-electron chi connectivity index (χ1n) is 8.20. The fourth-order valence-corrected chi connectivity index (χ4v) is 2.45. The van der Waals surface area contributed by atoms with Crippen molar-refractivity contribution >= 4 is 0 Å². The molecule has 2 aromatic rings. The van der Waals surface area contributed by atoms with E-state index in [-0.39, 0.29) is 6.04 Å². The summed E-state index contributed by atoms with van der Waals surface area (Å²) >= 11 is 0. The van der Waals surface area contributed by atoms with Crippen LogP contribution in [0.5, 0.6) is 11.5 Å². The van der Waals surface area contributed by atoms with Gasteiger partial charge in [0, 0.05) is 12.2 Å². The molecule has 124 valence electrons. The van der Waals surface area contributed by atoms with E-state index in [2.05, 4.69) is 11.9 Å². The highest BCUT2D eigenvalue weighted by Gasteiger charge is 2.11. The Kier molecular flexibility index (Phi) is 6.88. The quantitative estimate of drug-likeness (QED) is 0.703. The fraction of sp³-hybridized carbons (Fsp3) is 0.421. The Morgan fingerprint density at radius 2 is 2.00 bits per heavy atom. The zero-order chi connectivity index (χ0) is 16.5. The van der Waals surface area contributed by atoms with Crippen molar-refractivity contribution in [2.24, 2.45) is 5.73 Å². The molecule has 1 aromatic heterocycles. The molecular weight excluding hydrogens is 288 g/mol. The summed E-state index contributed by atoms with van der Waals surface area (Å²) in [4.78, 5) is 4.25. The van der Waals surface area contributed by atoms with Gasteiger partial charge in [0.15, 0.2) is 11.5 Å². The van der Waals surface area contributed by atoms with Crippen molar-refractivity contribution in [3.05, 3.63) is 53.9 Å². The van der Waals surface area contributed by atoms with E-state index in [1.165, 1.54) is 12.8 Å². The molecule has 0 amide bonds. The maximum atomic E-state index is 6.27. The Morgan fingerprint density at radius 3 is 2.70 bits per heavy atom. The van der Waals surface area contributed by atoms with E-state index in [9.17, 15) is 0 Å². The monoisotopic (exact) mass is 314 g/mol. The van der Waals surface area contributed by atoms with Crippen molar-refractivity contribution in [1.29, 1.82) is 0 Å². The normalized spacial score (nSPS) is 12.0. The van der Waals surface area contributed by atoms with Gasteiger partial charge in [-0.1, -0.05) is 38.3 Å². The number of hydrogen-bond donors (Lipinski definition) is 1. The third-order valence-corrected chi connectivity index (χ3v) is 3.84. The van der Waals surface area contributed by atoms with E-state index < -0.39 is 0 Å². The molecule has 2 rings (SSSR count). The SMILES string of the molecule is CCCCCC(N)c1ccc(OCc2ccccn2)c(OC)c1. The third kappa shape index (κ3) is 5.25. The second-order valence-electron chi connectivity index (χ2n) is 5.62. The number of aromatic nitrogens is 1. The van der Waals surface area contributed by atoms with Gasteiger partial charge in [0.25, 0.3) is 0 Å². The molecule has 4 nitrogen and oxygen atoms in total. The van der Waals surface area contributed by atoms with Crippen molar-refractivity contribution in [2.75, 3.05) is 7.11 Å². The summed E-state index contributed by atoms with van der Waals surface area (Å²) in [5, 5.41) is 0. The van der Waals surface area contributed by atoms with Gasteiger partial charge in [-0.15, -0.1) is 0 Å². The second-order valence-corrected chi connectivity index (χ2v) is 5.62. The lowest BCUT2D eigenvalue weighted by Gasteiger charge is -2.16. The first-order valence-corrected chi connectivity index (χ1v) is 8.20. The van der Waals surface area contributed by atoms with Crippen LogP contribution in [0.2, 0.25) is 0 Å². The zero-order valence-corrected chi connectivity index (χ0v) is 14.0. The first-order chi connectivity index (χ1) is 11.2. The topological polar surface area (TPSA) is 57.4 Å². The molecule has 1 atom stereocenters. The van der Waals surface area contributed by atoms with E-state index in [4.69, 9.17) is 15.2 Å². The van der Waals surface area contributed by atoms with Gasteiger partial charge in [-0.05, 0) is 36.2 Å². The molecule has 0 aliphatic carbocycles. The smallest absolute Gasteiger partial charge is 0.161 e. The molecule has 0 aliphatic heterocycles. The van der Waals surface area contributed by atoms with E-state index in [0.717, 1.165) is 24.1 Å². The molecule has 0 saturated carbocycles. The summed E-state index contributed by atoms with van der Waals surface area (Å²) in [6.45, 7) is 2.61. The molecule has 1 heterocycles. The van der Waals surface area contributed by atoms with E-state index in [1.54, 1.807) is 13.3 Å². The zero-order valence-electron chi connectivity index (χ0n) is 14.0. The lowest BCUT2D eigenvalue weighted by Crippen LogP contribution is -2.10. The molecule has 0 fully saturated rings. The second kappa shape index (κ2) is 9.16. The van der Waals surface area contributed by atoms with Crippen LogP contribution in [0.3, 0.4) is 0 Å². The molecule has 4 heteroatoms. The number of rotatable bonds is 9. The summed E-state index contributed by atoms with van der Waals surface area (Å²) in [7, 11) is 1.65. The predicted octanol–water partition coefficient (Wildman–Crippen LogP) is 4.25. The third-order valence-electron chi connectivity index (χ3n) is 3.84. The van der Waals surface area contributed by atoms with Gasteiger partial charge in [-0.2, -0.15) is 0 Å². The highest BCUT2D eigenvalue weighted by Crippen LogP contribution is 2.31. The van der Waals surface area contributed by atoms with Gasteiger partial charge in [0.2, 0.25) is 0 Å². The molecule has 1 unspecified atom stereocenters. The van der Waals surface area contributed by atoms with Crippen LogP contribution in [-0.2, 0) is 6.61 Å². The van der Waals surface area contributed by atoms with E-state index >= 15 is 0 Å². The molecule has 0 bridgehead atoms. The van der Waals surface area contributed by atoms with Crippen molar-refractivity contribution in [2.45, 2.75) is 45.3 Å². The van der Waals surface area contributed by atoms with E-state index in [0.29, 0.717) is 18.1 Å². The molecule has 0 radical (unpaired) electrons. The first kappa shape index (κ1) is 17.3. The van der Waals surface area contributed by atoms with Crippen LogP contribution >= 0.6 is 0 Å². The Labute approximate surface area is 138 Å². The van der Waals surface area contributed by atoms with Crippen LogP contribution in [0, 0.1) is 0 Å². The van der Waals surface area contributed by atoms with Crippen LogP contribution in [-0.4, -0.2) is 12.1 Å². The number of benzene rings is 1. The van der Waals surface area contributed by atoms with Crippen molar-refractivity contribution in [3.63, 3.8) is 0 Å². The van der Waals surface area contributed by atoms with Crippen LogP contribution in [0.4, 0.5) is 0 Å². The van der Waals surface area contributed by atoms with Gasteiger partial charge in [0.1, 0.15) is 6.61 Å². The number of nitrogens with two attached hydrogens (primary N) is 1. The van der Waals surface area contributed by atoms with Crippen LogP contribution in [0.15, 0.2) is 42.6 Å². The highest BCUT2D eigenvalue weighted by atomic mass is 16.5. The van der Waals surface area contributed by atoms with Crippen LogP contribution in [0.25, 0.3) is 0 Å². The van der Waals surface area contributed by atoms with Crippen LogP contribution < -0.4 is 15.2 Å². The summed E-state index contributed by atoms with van der Waals surface area (Å²) in [5.74, 6) is 1.42. The fourth-order valence-electron chi connectivity index (χ4n) is 2.45. The largest absolute Gasteiger partial charge is 0.493 e. The minimum absolute atomic E-state index is 0.0419. The van der Waals surface area contributed by atoms with E-state index in [1.807, 2.05) is 36.4 Å². The average Bonchev–Trinajstić information content (AvgIpc) is 2.60. The summed E-state index contributed by atoms with van der Waals surface area (Å²) in [6.07, 6.45) is 6.32. The lowest BCUT2D eigenvalue weighted by molar-refractivity contribution is 0.280. The summed E-state index contributed by atoms with van der Waals surface area (Å²) in [5.41, 5.74) is 8.24. The standard InChI is InChI=1S/C19H26N2O2/c1-3-4-5-9-17(20)15-10-11-18(19(13-15)22-2)23-14-16-8-6-7-12-21-16/h6-8,10-13,17H,3-5,9,14,20H2,1-2H3. The summed E-state index contributed by atoms with van der Waals surface area (Å²) < 4.78 is 11.3. The minimum Gasteiger partial charge on any atom is -0.493 e. The van der Waals surface area contributed by atoms with Crippen molar-refractivity contribution in [3.8, 4) is 11.5 Å². The Morgan fingerprint density at radius 1 is 1.13 bits per heavy atom. The molecule has 1 aromatic carbocycles. The predicted molar refractivity (Wildman–Crippen MR) is 92.6 cm³/mol. The number of unbranched alkanes of at least 4 members (excludes halogenated alkanes) is 2. The van der Waals surface area contributed by atoms with Crippen LogP contribution in [0.1, 0.15) is 49.9 Å².